The molecule has 1 saturated carbocycles. The Labute approximate surface area is 130 Å². The standard InChI is InChI=1S/C19H20N2O/c1-2-4-14(3-1)5-8-19-21-17-13-16(6-7-18(17)22-19)15-9-11-20-12-10-15/h6-7,9-14H,1-5,8H2. The number of aryl methyl sites for hydroxylation is 1. The van der Waals surface area contributed by atoms with E-state index in [1.807, 2.05) is 30.6 Å². The van der Waals surface area contributed by atoms with Gasteiger partial charge in [-0.1, -0.05) is 31.7 Å². The Hall–Kier alpha value is -2.16. The molecule has 3 aromatic rings. The fraction of sp³-hybridized carbons (Fsp3) is 0.368. The van der Waals surface area contributed by atoms with Crippen molar-refractivity contribution in [3.05, 3.63) is 48.6 Å². The number of aromatic nitrogens is 2. The molecule has 0 N–H and O–H groups in total. The van der Waals surface area contributed by atoms with Gasteiger partial charge in [0.25, 0.3) is 0 Å². The Balaban J connectivity index is 1.55. The summed E-state index contributed by atoms with van der Waals surface area (Å²) in [6.45, 7) is 0. The molecule has 3 nitrogen and oxygen atoms in total. The van der Waals surface area contributed by atoms with Crippen LogP contribution in [-0.4, -0.2) is 9.97 Å². The average molecular weight is 292 g/mol. The number of pyridine rings is 1. The number of benzene rings is 1. The minimum absolute atomic E-state index is 0.877. The predicted octanol–water partition coefficient (Wildman–Crippen LogP) is 5.01. The van der Waals surface area contributed by atoms with Gasteiger partial charge in [0.05, 0.1) is 0 Å². The molecule has 0 bridgehead atoms. The predicted molar refractivity (Wildman–Crippen MR) is 87.5 cm³/mol. The maximum Gasteiger partial charge on any atom is 0.195 e. The highest BCUT2D eigenvalue weighted by Gasteiger charge is 2.16. The van der Waals surface area contributed by atoms with E-state index in [9.17, 15) is 0 Å². The zero-order valence-corrected chi connectivity index (χ0v) is 12.7. The second-order valence-electron chi connectivity index (χ2n) is 6.22. The molecule has 1 aromatic carbocycles. The van der Waals surface area contributed by atoms with Crippen molar-refractivity contribution in [2.45, 2.75) is 38.5 Å². The van der Waals surface area contributed by atoms with E-state index in [1.54, 1.807) is 0 Å². The van der Waals surface area contributed by atoms with Crippen LogP contribution < -0.4 is 0 Å². The third kappa shape index (κ3) is 2.76. The number of nitrogens with zero attached hydrogens (tertiary/aromatic N) is 2. The van der Waals surface area contributed by atoms with Gasteiger partial charge in [0.1, 0.15) is 5.52 Å². The monoisotopic (exact) mass is 292 g/mol. The van der Waals surface area contributed by atoms with E-state index in [0.717, 1.165) is 40.5 Å². The topological polar surface area (TPSA) is 38.9 Å². The molecule has 3 heteroatoms. The van der Waals surface area contributed by atoms with Gasteiger partial charge in [0, 0.05) is 18.8 Å². The van der Waals surface area contributed by atoms with E-state index in [0.29, 0.717) is 0 Å². The molecule has 0 aliphatic heterocycles. The van der Waals surface area contributed by atoms with Gasteiger partial charge in [0.2, 0.25) is 0 Å². The van der Waals surface area contributed by atoms with Crippen molar-refractivity contribution in [2.75, 3.05) is 0 Å². The molecular formula is C19H20N2O. The van der Waals surface area contributed by atoms with Crippen molar-refractivity contribution in [2.24, 2.45) is 5.92 Å². The van der Waals surface area contributed by atoms with Crippen molar-refractivity contribution in [3.8, 4) is 11.1 Å². The van der Waals surface area contributed by atoms with E-state index in [2.05, 4.69) is 22.1 Å². The van der Waals surface area contributed by atoms with Crippen LogP contribution in [0.3, 0.4) is 0 Å². The summed E-state index contributed by atoms with van der Waals surface area (Å²) in [6, 6.07) is 10.2. The molecule has 22 heavy (non-hydrogen) atoms. The quantitative estimate of drug-likeness (QED) is 0.678. The molecule has 1 aliphatic rings. The van der Waals surface area contributed by atoms with Crippen molar-refractivity contribution in [1.29, 1.82) is 0 Å². The second-order valence-corrected chi connectivity index (χ2v) is 6.22. The van der Waals surface area contributed by atoms with E-state index >= 15 is 0 Å². The fourth-order valence-electron chi connectivity index (χ4n) is 3.43. The first-order valence-corrected chi connectivity index (χ1v) is 8.18. The lowest BCUT2D eigenvalue weighted by Gasteiger charge is -2.05. The molecule has 0 amide bonds. The summed E-state index contributed by atoms with van der Waals surface area (Å²) >= 11 is 0. The summed E-state index contributed by atoms with van der Waals surface area (Å²) in [5.41, 5.74) is 4.16. The van der Waals surface area contributed by atoms with Gasteiger partial charge in [-0.25, -0.2) is 4.98 Å². The summed E-state index contributed by atoms with van der Waals surface area (Å²) < 4.78 is 5.90. The number of hydrogen-bond donors (Lipinski definition) is 0. The molecule has 0 spiro atoms. The summed E-state index contributed by atoms with van der Waals surface area (Å²) in [5.74, 6) is 1.76. The van der Waals surface area contributed by atoms with Gasteiger partial charge in [-0.15, -0.1) is 0 Å². The molecule has 0 radical (unpaired) electrons. The Morgan fingerprint density at radius 3 is 2.64 bits per heavy atom. The Morgan fingerprint density at radius 1 is 1.00 bits per heavy atom. The van der Waals surface area contributed by atoms with Crippen LogP contribution in [0, 0.1) is 5.92 Å². The van der Waals surface area contributed by atoms with Crippen LogP contribution in [0.4, 0.5) is 0 Å². The molecule has 0 unspecified atom stereocenters. The van der Waals surface area contributed by atoms with Crippen LogP contribution in [0.1, 0.15) is 38.0 Å². The van der Waals surface area contributed by atoms with Crippen LogP contribution in [0.25, 0.3) is 22.2 Å². The highest BCUT2D eigenvalue weighted by Crippen LogP contribution is 2.29. The van der Waals surface area contributed by atoms with Crippen LogP contribution in [0.15, 0.2) is 47.1 Å². The van der Waals surface area contributed by atoms with Gasteiger partial charge >= 0.3 is 0 Å². The Bertz CT molecular complexity index is 757. The summed E-state index contributed by atoms with van der Waals surface area (Å²) in [4.78, 5) is 8.74. The van der Waals surface area contributed by atoms with Gasteiger partial charge in [-0.2, -0.15) is 0 Å². The van der Waals surface area contributed by atoms with Gasteiger partial charge in [-0.05, 0) is 47.7 Å². The maximum atomic E-state index is 5.90. The van der Waals surface area contributed by atoms with Crippen LogP contribution in [0.5, 0.6) is 0 Å². The highest BCUT2D eigenvalue weighted by atomic mass is 16.3. The number of oxazole rings is 1. The normalized spacial score (nSPS) is 15.6. The summed E-state index contributed by atoms with van der Waals surface area (Å²) in [7, 11) is 0. The van der Waals surface area contributed by atoms with Crippen molar-refractivity contribution < 1.29 is 4.42 Å². The van der Waals surface area contributed by atoms with Gasteiger partial charge < -0.3 is 4.42 Å². The van der Waals surface area contributed by atoms with Crippen LogP contribution in [-0.2, 0) is 6.42 Å². The van der Waals surface area contributed by atoms with Crippen molar-refractivity contribution in [3.63, 3.8) is 0 Å². The SMILES string of the molecule is c1cc(-c2ccc3oc(CCC4CCCC4)nc3c2)ccn1. The first-order valence-electron chi connectivity index (χ1n) is 8.18. The number of fused-ring (bicyclic) bond motifs is 1. The van der Waals surface area contributed by atoms with Gasteiger partial charge in [0.15, 0.2) is 11.5 Å². The maximum absolute atomic E-state index is 5.90. The summed E-state index contributed by atoms with van der Waals surface area (Å²) in [5, 5.41) is 0. The van der Waals surface area contributed by atoms with Crippen LogP contribution in [0.2, 0.25) is 0 Å². The lowest BCUT2D eigenvalue weighted by Crippen LogP contribution is -1.96. The average Bonchev–Trinajstić information content (AvgIpc) is 3.22. The first-order chi connectivity index (χ1) is 10.9. The molecular weight excluding hydrogens is 272 g/mol. The minimum Gasteiger partial charge on any atom is -0.441 e. The zero-order valence-electron chi connectivity index (χ0n) is 12.7. The molecule has 0 saturated heterocycles. The molecule has 2 heterocycles. The fourth-order valence-corrected chi connectivity index (χ4v) is 3.43. The van der Waals surface area contributed by atoms with E-state index in [-0.39, 0.29) is 0 Å². The smallest absolute Gasteiger partial charge is 0.195 e. The molecule has 4 rings (SSSR count). The molecule has 2 aromatic heterocycles. The lowest BCUT2D eigenvalue weighted by atomic mass is 10.0. The number of rotatable bonds is 4. The third-order valence-corrected chi connectivity index (χ3v) is 4.69. The van der Waals surface area contributed by atoms with Crippen molar-refractivity contribution >= 4 is 11.1 Å². The third-order valence-electron chi connectivity index (χ3n) is 4.69. The Morgan fingerprint density at radius 2 is 1.82 bits per heavy atom. The van der Waals surface area contributed by atoms with E-state index < -0.39 is 0 Å². The van der Waals surface area contributed by atoms with E-state index in [1.165, 1.54) is 32.1 Å². The van der Waals surface area contributed by atoms with E-state index in [4.69, 9.17) is 4.42 Å². The molecule has 1 fully saturated rings. The molecule has 1 aliphatic carbocycles. The highest BCUT2D eigenvalue weighted by molar-refractivity contribution is 5.80. The molecule has 0 atom stereocenters. The largest absolute Gasteiger partial charge is 0.441 e. The Kier molecular flexibility index (Phi) is 3.63. The van der Waals surface area contributed by atoms with Crippen LogP contribution >= 0.6 is 0 Å². The first kappa shape index (κ1) is 13.5. The zero-order chi connectivity index (χ0) is 14.8. The minimum atomic E-state index is 0.877. The van der Waals surface area contributed by atoms with Crippen molar-refractivity contribution in [1.82, 2.24) is 9.97 Å². The molecule has 112 valence electrons. The summed E-state index contributed by atoms with van der Waals surface area (Å²) in [6.07, 6.45) is 11.4. The lowest BCUT2D eigenvalue weighted by molar-refractivity contribution is 0.451. The second kappa shape index (κ2) is 5.91. The number of hydrogen-bond acceptors (Lipinski definition) is 3. The van der Waals surface area contributed by atoms with Gasteiger partial charge in [-0.3, -0.25) is 4.98 Å².